The molecule has 0 aromatic carbocycles. The van der Waals surface area contributed by atoms with Gasteiger partial charge in [0.25, 0.3) is 0 Å². The van der Waals surface area contributed by atoms with E-state index in [-0.39, 0.29) is 36.7 Å². The summed E-state index contributed by atoms with van der Waals surface area (Å²) in [6.45, 7) is 0. The third-order valence-corrected chi connectivity index (χ3v) is 0.651. The monoisotopic (exact) mass is 137 g/mol. The normalized spacial score (nSPS) is 8.00. The van der Waals surface area contributed by atoms with Gasteiger partial charge in [0.2, 0.25) is 0 Å². The summed E-state index contributed by atoms with van der Waals surface area (Å²) in [7, 11) is 0. The number of oxazole rings is 1. The molecule has 0 aliphatic rings. The minimum atomic E-state index is -1.07. The van der Waals surface area contributed by atoms with E-state index in [0.717, 1.165) is 12.7 Å². The number of carbonyl (C=O) groups is 1. The van der Waals surface area contributed by atoms with Crippen molar-refractivity contribution >= 4 is 5.97 Å². The Morgan fingerprint density at radius 1 is 1.89 bits per heavy atom. The van der Waals surface area contributed by atoms with Crippen LogP contribution in [0.25, 0.3) is 0 Å². The Morgan fingerprint density at radius 3 is 2.78 bits per heavy atom. The fourth-order valence-electron chi connectivity index (χ4n) is 0.318. The van der Waals surface area contributed by atoms with Crippen molar-refractivity contribution in [1.29, 1.82) is 0 Å². The predicted molar refractivity (Wildman–Crippen MR) is 24.6 cm³/mol. The maximum atomic E-state index is 9.94. The Bertz CT molecular complexity index is 188. The van der Waals surface area contributed by atoms with Gasteiger partial charge in [0.15, 0.2) is 12.1 Å². The molecular weight excluding hydrogens is 133 g/mol. The van der Waals surface area contributed by atoms with Gasteiger partial charge in [-0.15, -0.1) is 0 Å². The van der Waals surface area contributed by atoms with Gasteiger partial charge in [-0.1, -0.05) is 0 Å². The molecule has 1 rings (SSSR count). The Hall–Kier alpha value is -0.320. The average Bonchev–Trinajstić information content (AvgIpc) is 2.12. The molecule has 5 heteroatoms. The molecule has 0 saturated heterocycles. The Kier molecular flexibility index (Phi) is 3.53. The van der Waals surface area contributed by atoms with E-state index in [0.29, 0.717) is 0 Å². The van der Waals surface area contributed by atoms with Crippen molar-refractivity contribution in [1.82, 2.24) is 4.98 Å². The van der Waals surface area contributed by atoms with Gasteiger partial charge in [-0.25, -0.2) is 9.78 Å². The Morgan fingerprint density at radius 2 is 2.56 bits per heavy atom. The fourth-order valence-corrected chi connectivity index (χ4v) is 0.318. The summed E-state index contributed by atoms with van der Waals surface area (Å²) in [4.78, 5) is 13.3. The fraction of sp³-hybridized carbons (Fsp3) is 0. The van der Waals surface area contributed by atoms with Crippen molar-refractivity contribution in [2.24, 2.45) is 0 Å². The molecule has 1 aromatic rings. The van der Waals surface area contributed by atoms with Crippen LogP contribution in [-0.2, 0) is 0 Å². The number of aromatic nitrogens is 1. The minimum absolute atomic E-state index is 0. The average molecular weight is 137 g/mol. The van der Waals surface area contributed by atoms with Gasteiger partial charge in [0.05, 0.1) is 0 Å². The molecule has 1 N–H and O–H groups in total. The van der Waals surface area contributed by atoms with Crippen LogP contribution in [0.4, 0.5) is 0 Å². The first-order chi connectivity index (χ1) is 3.80. The van der Waals surface area contributed by atoms with Crippen LogP contribution in [0.1, 0.15) is 11.9 Å². The molecule has 0 amide bonds. The van der Waals surface area contributed by atoms with Crippen molar-refractivity contribution in [3.8, 4) is 0 Å². The van der Waals surface area contributed by atoms with Crippen LogP contribution >= 0.6 is 0 Å². The molecule has 44 valence electrons. The summed E-state index contributed by atoms with van der Waals surface area (Å²) in [5.41, 5.74) is -0.0648. The maximum absolute atomic E-state index is 9.94. The summed E-state index contributed by atoms with van der Waals surface area (Å²) in [5.74, 6) is -1.07. The van der Waals surface area contributed by atoms with E-state index in [4.69, 9.17) is 5.11 Å². The second-order valence-electron chi connectivity index (χ2n) is 1.18. The number of carboxylic acids is 1. The molecule has 0 spiro atoms. The third-order valence-electron chi connectivity index (χ3n) is 0.651. The topological polar surface area (TPSA) is 63.3 Å². The van der Waals surface area contributed by atoms with Gasteiger partial charge < -0.3 is 11.0 Å². The summed E-state index contributed by atoms with van der Waals surface area (Å²) >= 11 is 0. The first-order valence-electron chi connectivity index (χ1n) is 1.92. The van der Waals surface area contributed by atoms with E-state index < -0.39 is 5.97 Å². The molecule has 0 radical (unpaired) electrons. The summed E-state index contributed by atoms with van der Waals surface area (Å²) in [6, 6.07) is 0. The first-order valence-corrected chi connectivity index (χ1v) is 1.92. The zero-order valence-electron chi connectivity index (χ0n) is 5.87. The zero-order chi connectivity index (χ0) is 5.98. The van der Waals surface area contributed by atoms with Crippen LogP contribution in [-0.4, -0.2) is 16.1 Å². The number of rotatable bonds is 1. The zero-order valence-corrected chi connectivity index (χ0v) is 6.87. The van der Waals surface area contributed by atoms with Gasteiger partial charge in [-0.05, 0) is 0 Å². The molecule has 4 nitrogen and oxygen atoms in total. The number of carboxylic acid groups (broad SMARTS) is 1. The molecular formula is C4H4NNaO3. The molecule has 9 heavy (non-hydrogen) atoms. The van der Waals surface area contributed by atoms with E-state index in [1.54, 1.807) is 0 Å². The van der Waals surface area contributed by atoms with E-state index in [9.17, 15) is 4.79 Å². The van der Waals surface area contributed by atoms with Gasteiger partial charge in [0.1, 0.15) is 6.26 Å². The van der Waals surface area contributed by atoms with Crippen molar-refractivity contribution in [2.75, 3.05) is 0 Å². The van der Waals surface area contributed by atoms with Crippen LogP contribution in [0, 0.1) is 0 Å². The van der Waals surface area contributed by atoms with E-state index in [2.05, 4.69) is 9.40 Å². The Labute approximate surface area is 74.7 Å². The van der Waals surface area contributed by atoms with Crippen LogP contribution < -0.4 is 29.6 Å². The van der Waals surface area contributed by atoms with Gasteiger partial charge in [-0.3, -0.25) is 0 Å². The number of hydrogen-bond acceptors (Lipinski definition) is 3. The molecule has 0 aliphatic carbocycles. The molecule has 0 aliphatic heterocycles. The SMILES string of the molecule is O=C(O)c1cocn1.[H-].[Na+]. The summed E-state index contributed by atoms with van der Waals surface area (Å²) in [5, 5.41) is 8.15. The van der Waals surface area contributed by atoms with Crippen LogP contribution in [0.3, 0.4) is 0 Å². The van der Waals surface area contributed by atoms with Crippen molar-refractivity contribution in [2.45, 2.75) is 0 Å². The molecule has 0 saturated carbocycles. The smallest absolute Gasteiger partial charge is 1.00 e. The molecule has 0 bridgehead atoms. The summed E-state index contributed by atoms with van der Waals surface area (Å²) < 4.78 is 4.38. The second-order valence-corrected chi connectivity index (χ2v) is 1.18. The third kappa shape index (κ3) is 2.17. The summed E-state index contributed by atoms with van der Waals surface area (Å²) in [6.07, 6.45) is 2.14. The van der Waals surface area contributed by atoms with Crippen molar-refractivity contribution in [3.05, 3.63) is 18.4 Å². The van der Waals surface area contributed by atoms with Gasteiger partial charge in [-0.2, -0.15) is 0 Å². The van der Waals surface area contributed by atoms with Crippen LogP contribution in [0.5, 0.6) is 0 Å². The second kappa shape index (κ2) is 3.66. The quantitative estimate of drug-likeness (QED) is 0.434. The van der Waals surface area contributed by atoms with Crippen molar-refractivity contribution < 1.29 is 45.3 Å². The van der Waals surface area contributed by atoms with E-state index in [1.165, 1.54) is 0 Å². The van der Waals surface area contributed by atoms with Gasteiger partial charge in [0, 0.05) is 0 Å². The van der Waals surface area contributed by atoms with Crippen LogP contribution in [0.2, 0.25) is 0 Å². The van der Waals surface area contributed by atoms with Crippen LogP contribution in [0.15, 0.2) is 17.1 Å². The first kappa shape index (κ1) is 8.68. The number of hydrogen-bond donors (Lipinski definition) is 1. The standard InChI is InChI=1S/C4H3NO3.Na.H/c6-4(7)3-1-8-2-5-3;;/h1-2H,(H,6,7);;/q;+1;-1. The van der Waals surface area contributed by atoms with E-state index in [1.807, 2.05) is 0 Å². The molecule has 0 atom stereocenters. The molecule has 1 aromatic heterocycles. The van der Waals surface area contributed by atoms with E-state index >= 15 is 0 Å². The van der Waals surface area contributed by atoms with Crippen molar-refractivity contribution in [3.63, 3.8) is 0 Å². The Balaban J connectivity index is 0. The molecule has 0 fully saturated rings. The number of aromatic carboxylic acids is 1. The number of nitrogens with zero attached hydrogens (tertiary/aromatic N) is 1. The largest absolute Gasteiger partial charge is 1.00 e. The molecule has 0 unspecified atom stereocenters. The predicted octanol–water partition coefficient (Wildman–Crippen LogP) is -2.51. The minimum Gasteiger partial charge on any atom is -1.00 e. The van der Waals surface area contributed by atoms with Gasteiger partial charge >= 0.3 is 35.5 Å². The molecule has 1 heterocycles. The maximum Gasteiger partial charge on any atom is 1.00 e.